The van der Waals surface area contributed by atoms with Crippen molar-refractivity contribution >= 4 is 45.4 Å². The molecule has 2 aromatic carbocycles. The number of nitrogens with one attached hydrogen (secondary N) is 2. The minimum Gasteiger partial charge on any atom is -0.504 e. The summed E-state index contributed by atoms with van der Waals surface area (Å²) in [5, 5.41) is 16.2. The average Bonchev–Trinajstić information content (AvgIpc) is 2.99. The number of phenols is 1. The Morgan fingerprint density at radius 2 is 2.04 bits per heavy atom. The molecule has 1 amide bonds. The van der Waals surface area contributed by atoms with Crippen LogP contribution in [0.1, 0.15) is 25.0 Å². The van der Waals surface area contributed by atoms with Crippen LogP contribution in [0.25, 0.3) is 6.08 Å². The fourth-order valence-corrected chi connectivity index (χ4v) is 4.06. The third kappa shape index (κ3) is 4.78. The quantitative estimate of drug-likeness (QED) is 0.557. The van der Waals surface area contributed by atoms with Crippen molar-refractivity contribution in [3.63, 3.8) is 0 Å². The molecule has 5 nitrogen and oxygen atoms in total. The maximum atomic E-state index is 12.3. The topological polar surface area (TPSA) is 70.6 Å². The van der Waals surface area contributed by atoms with E-state index in [2.05, 4.69) is 45.6 Å². The van der Waals surface area contributed by atoms with Crippen molar-refractivity contribution in [1.82, 2.24) is 5.32 Å². The molecule has 7 heteroatoms. The maximum Gasteiger partial charge on any atom is 0.260 e. The smallest absolute Gasteiger partial charge is 0.260 e. The van der Waals surface area contributed by atoms with E-state index >= 15 is 0 Å². The number of aromatic hydroxyl groups is 1. The number of thioether (sulfide) groups is 1. The van der Waals surface area contributed by atoms with E-state index in [1.165, 1.54) is 17.3 Å². The number of benzene rings is 2. The second-order valence-electron chi connectivity index (χ2n) is 5.95. The number of amides is 1. The average molecular weight is 449 g/mol. The summed E-state index contributed by atoms with van der Waals surface area (Å²) in [4.78, 5) is 12.9. The van der Waals surface area contributed by atoms with Crippen LogP contribution >= 0.6 is 27.7 Å². The van der Waals surface area contributed by atoms with Crippen LogP contribution in [0.15, 0.2) is 45.8 Å². The number of carbonyl (C=O) groups excluding carboxylic acids is 1. The van der Waals surface area contributed by atoms with E-state index in [0.29, 0.717) is 21.7 Å². The molecule has 0 bridgehead atoms. The van der Waals surface area contributed by atoms with Crippen LogP contribution in [0.5, 0.6) is 11.5 Å². The van der Waals surface area contributed by atoms with Gasteiger partial charge in [0.25, 0.3) is 5.91 Å². The molecule has 0 spiro atoms. The van der Waals surface area contributed by atoms with Gasteiger partial charge >= 0.3 is 0 Å². The summed E-state index contributed by atoms with van der Waals surface area (Å²) in [6.07, 6.45) is 2.78. The molecule has 0 saturated carbocycles. The van der Waals surface area contributed by atoms with Crippen molar-refractivity contribution in [3.8, 4) is 11.5 Å². The highest BCUT2D eigenvalue weighted by Gasteiger charge is 2.27. The first-order valence-electron chi connectivity index (χ1n) is 8.70. The number of carbonyl (C=O) groups is 1. The first kappa shape index (κ1) is 19.6. The second-order valence-corrected chi connectivity index (χ2v) is 7.95. The van der Waals surface area contributed by atoms with Gasteiger partial charge in [0, 0.05) is 10.2 Å². The van der Waals surface area contributed by atoms with E-state index in [9.17, 15) is 9.90 Å². The normalized spacial score (nSPS) is 17.8. The highest BCUT2D eigenvalue weighted by Crippen LogP contribution is 2.36. The first-order valence-corrected chi connectivity index (χ1v) is 10.4. The molecule has 1 heterocycles. The first-order chi connectivity index (χ1) is 13.0. The fourth-order valence-electron chi connectivity index (χ4n) is 2.63. The van der Waals surface area contributed by atoms with Crippen LogP contribution in [-0.2, 0) is 11.2 Å². The largest absolute Gasteiger partial charge is 0.504 e. The number of ether oxygens (including phenoxy) is 1. The monoisotopic (exact) mass is 448 g/mol. The third-order valence-corrected chi connectivity index (χ3v) is 5.77. The van der Waals surface area contributed by atoms with Crippen LogP contribution in [0.4, 0.5) is 5.69 Å². The zero-order valence-electron chi connectivity index (χ0n) is 15.1. The van der Waals surface area contributed by atoms with Crippen molar-refractivity contribution in [1.29, 1.82) is 0 Å². The van der Waals surface area contributed by atoms with E-state index in [1.807, 2.05) is 19.1 Å². The lowest BCUT2D eigenvalue weighted by Gasteiger charge is -2.13. The Morgan fingerprint density at radius 3 is 2.70 bits per heavy atom. The molecule has 3 N–H and O–H groups in total. The van der Waals surface area contributed by atoms with Crippen LogP contribution in [-0.4, -0.2) is 23.1 Å². The molecule has 0 radical (unpaired) electrons. The van der Waals surface area contributed by atoms with Crippen LogP contribution < -0.4 is 15.4 Å². The highest BCUT2D eigenvalue weighted by molar-refractivity contribution is 9.10. The number of rotatable bonds is 6. The van der Waals surface area contributed by atoms with Crippen molar-refractivity contribution in [2.75, 3.05) is 11.9 Å². The Kier molecular flexibility index (Phi) is 6.34. The molecular formula is C20H21BrN2O3S. The number of hydrogen-bond donors (Lipinski definition) is 3. The highest BCUT2D eigenvalue weighted by atomic mass is 79.9. The van der Waals surface area contributed by atoms with Gasteiger partial charge in [0.05, 0.1) is 11.5 Å². The minimum absolute atomic E-state index is 0.0597. The van der Waals surface area contributed by atoms with E-state index in [-0.39, 0.29) is 17.2 Å². The third-order valence-electron chi connectivity index (χ3n) is 4.06. The number of anilines is 1. The zero-order valence-corrected chi connectivity index (χ0v) is 17.5. The van der Waals surface area contributed by atoms with Gasteiger partial charge in [-0.2, -0.15) is 0 Å². The van der Waals surface area contributed by atoms with Crippen molar-refractivity contribution in [3.05, 3.63) is 56.9 Å². The van der Waals surface area contributed by atoms with Gasteiger partial charge < -0.3 is 20.5 Å². The molecule has 1 saturated heterocycles. The van der Waals surface area contributed by atoms with Crippen LogP contribution in [0.3, 0.4) is 0 Å². The lowest BCUT2D eigenvalue weighted by molar-refractivity contribution is -0.116. The van der Waals surface area contributed by atoms with E-state index < -0.39 is 0 Å². The molecule has 1 aliphatic heterocycles. The Labute approximate surface area is 171 Å². The Hall–Kier alpha value is -2.12. The molecule has 3 rings (SSSR count). The van der Waals surface area contributed by atoms with E-state index in [4.69, 9.17) is 4.74 Å². The Morgan fingerprint density at radius 1 is 1.30 bits per heavy atom. The van der Waals surface area contributed by atoms with Gasteiger partial charge in [-0.1, -0.05) is 46.7 Å². The predicted octanol–water partition coefficient (Wildman–Crippen LogP) is 4.72. The maximum absolute atomic E-state index is 12.3. The lowest BCUT2D eigenvalue weighted by atomic mass is 10.1. The number of aryl methyl sites for hydroxylation is 1. The van der Waals surface area contributed by atoms with Gasteiger partial charge in [0.15, 0.2) is 17.0 Å². The van der Waals surface area contributed by atoms with Crippen LogP contribution in [0, 0.1) is 0 Å². The van der Waals surface area contributed by atoms with E-state index in [1.54, 1.807) is 18.2 Å². The molecule has 27 heavy (non-hydrogen) atoms. The standard InChI is InChI=1S/C20H21BrN2O3S/c1-3-12-5-7-14(8-6-12)22-20-23-19(25)18(27-20)10-13-9-17(26-4-2)16(24)11-15(13)21/h5-11,20,22,24H,3-4H2,1-2H3,(H,23,25). The van der Waals surface area contributed by atoms with Gasteiger partial charge in [-0.15, -0.1) is 0 Å². The SMILES string of the molecule is CCOc1cc(C=C2SC(Nc3ccc(CC)cc3)NC2=O)c(Br)cc1O. The predicted molar refractivity (Wildman–Crippen MR) is 114 cm³/mol. The van der Waals surface area contributed by atoms with Crippen molar-refractivity contribution < 1.29 is 14.6 Å². The summed E-state index contributed by atoms with van der Waals surface area (Å²) in [5.41, 5.74) is 2.75. The van der Waals surface area contributed by atoms with Crippen molar-refractivity contribution in [2.24, 2.45) is 0 Å². The minimum atomic E-state index is -0.238. The molecular weight excluding hydrogens is 428 g/mol. The summed E-state index contributed by atoms with van der Waals surface area (Å²) in [6, 6.07) is 11.5. The summed E-state index contributed by atoms with van der Waals surface area (Å²) < 4.78 is 6.11. The zero-order chi connectivity index (χ0) is 19.4. The Bertz CT molecular complexity index is 868. The van der Waals surface area contributed by atoms with Gasteiger partial charge in [0.2, 0.25) is 0 Å². The molecule has 0 aromatic heterocycles. The van der Waals surface area contributed by atoms with Crippen LogP contribution in [0.2, 0.25) is 0 Å². The Balaban J connectivity index is 1.75. The number of hydrogen-bond acceptors (Lipinski definition) is 5. The fraction of sp³-hybridized carbons (Fsp3) is 0.250. The summed E-state index contributed by atoms with van der Waals surface area (Å²) in [6.45, 7) is 4.41. The molecule has 1 aliphatic rings. The molecule has 1 atom stereocenters. The molecule has 2 aromatic rings. The van der Waals surface area contributed by atoms with Gasteiger partial charge in [0.1, 0.15) is 0 Å². The molecule has 142 valence electrons. The van der Waals surface area contributed by atoms with Gasteiger partial charge in [-0.05, 0) is 54.8 Å². The van der Waals surface area contributed by atoms with Gasteiger partial charge in [-0.3, -0.25) is 4.79 Å². The summed E-state index contributed by atoms with van der Waals surface area (Å²) in [7, 11) is 0. The number of halogens is 1. The number of phenolic OH excluding ortho intramolecular Hbond substituents is 1. The van der Waals surface area contributed by atoms with E-state index in [0.717, 1.165) is 17.7 Å². The van der Waals surface area contributed by atoms with Crippen molar-refractivity contribution in [2.45, 2.75) is 25.8 Å². The lowest BCUT2D eigenvalue weighted by Crippen LogP contribution is -2.30. The molecule has 1 fully saturated rings. The molecule has 0 aliphatic carbocycles. The van der Waals surface area contributed by atoms with Gasteiger partial charge in [-0.25, -0.2) is 0 Å². The molecule has 1 unspecified atom stereocenters. The summed E-state index contributed by atoms with van der Waals surface area (Å²) in [5.74, 6) is 0.312. The summed E-state index contributed by atoms with van der Waals surface area (Å²) >= 11 is 4.84. The second kappa shape index (κ2) is 8.71.